The highest BCUT2D eigenvalue weighted by atomic mass is 79.9. The Balaban J connectivity index is 1.94. The maximum absolute atomic E-state index is 12.1. The lowest BCUT2D eigenvalue weighted by Gasteiger charge is -2.37. The number of ketones is 1. The number of hydrogen-bond acceptors (Lipinski definition) is 1. The summed E-state index contributed by atoms with van der Waals surface area (Å²) in [7, 11) is 0. The first-order valence-electron chi connectivity index (χ1n) is 5.46. The second kappa shape index (κ2) is 1.46. The summed E-state index contributed by atoms with van der Waals surface area (Å²) in [6.07, 6.45) is 2.73. The highest BCUT2D eigenvalue weighted by molar-refractivity contribution is 9.10. The number of alkyl halides is 1. The molecule has 0 aliphatic heterocycles. The van der Waals surface area contributed by atoms with Crippen molar-refractivity contribution in [1.82, 2.24) is 0 Å². The van der Waals surface area contributed by atoms with Gasteiger partial charge in [-0.2, -0.15) is 0 Å². The molecular formula is C11H11BrO. The van der Waals surface area contributed by atoms with Gasteiger partial charge >= 0.3 is 0 Å². The van der Waals surface area contributed by atoms with Crippen molar-refractivity contribution in [3.8, 4) is 0 Å². The summed E-state index contributed by atoms with van der Waals surface area (Å²) in [5.41, 5.74) is 0. The van der Waals surface area contributed by atoms with Crippen LogP contribution in [0.25, 0.3) is 0 Å². The number of carbonyl (C=O) groups excluding carboxylic acids is 1. The van der Waals surface area contributed by atoms with Gasteiger partial charge in [-0.15, -0.1) is 0 Å². The molecule has 0 heterocycles. The lowest BCUT2D eigenvalue weighted by Crippen LogP contribution is -2.39. The van der Waals surface area contributed by atoms with Crippen molar-refractivity contribution < 1.29 is 4.79 Å². The van der Waals surface area contributed by atoms with Gasteiger partial charge < -0.3 is 0 Å². The largest absolute Gasteiger partial charge is 0.299 e. The minimum Gasteiger partial charge on any atom is -0.299 e. The molecular weight excluding hydrogens is 228 g/mol. The molecule has 0 aromatic rings. The molecule has 0 aromatic carbocycles. The van der Waals surface area contributed by atoms with Crippen LogP contribution in [0.15, 0.2) is 0 Å². The van der Waals surface area contributed by atoms with Crippen LogP contribution in [0.2, 0.25) is 0 Å². The van der Waals surface area contributed by atoms with Crippen molar-refractivity contribution in [2.45, 2.75) is 17.2 Å². The molecule has 0 amide bonds. The molecule has 6 rings (SSSR count). The Labute approximate surface area is 85.4 Å². The van der Waals surface area contributed by atoms with Crippen LogP contribution in [0.3, 0.4) is 0 Å². The Kier molecular flexibility index (Phi) is 0.742. The Bertz CT molecular complexity index is 365. The summed E-state index contributed by atoms with van der Waals surface area (Å²) in [6.45, 7) is 0. The molecule has 1 nitrogen and oxygen atoms in total. The average molecular weight is 239 g/mol. The predicted molar refractivity (Wildman–Crippen MR) is 50.3 cm³/mol. The van der Waals surface area contributed by atoms with E-state index >= 15 is 0 Å². The van der Waals surface area contributed by atoms with Gasteiger partial charge in [-0.3, -0.25) is 4.79 Å². The van der Waals surface area contributed by atoms with E-state index in [1.165, 1.54) is 12.8 Å². The van der Waals surface area contributed by atoms with E-state index in [9.17, 15) is 4.79 Å². The normalized spacial score (nSPS) is 79.8. The number of halogens is 1. The van der Waals surface area contributed by atoms with Crippen LogP contribution in [-0.4, -0.2) is 10.1 Å². The molecule has 0 aromatic heterocycles. The summed E-state index contributed by atoms with van der Waals surface area (Å²) in [5.74, 6) is 5.94. The monoisotopic (exact) mass is 238 g/mol. The Hall–Kier alpha value is 0.150. The summed E-state index contributed by atoms with van der Waals surface area (Å²) in [5, 5.41) is 0. The van der Waals surface area contributed by atoms with Crippen molar-refractivity contribution in [1.29, 1.82) is 0 Å². The quantitative estimate of drug-likeness (QED) is 0.589. The van der Waals surface area contributed by atoms with Crippen molar-refractivity contribution in [3.05, 3.63) is 0 Å². The topological polar surface area (TPSA) is 17.1 Å². The van der Waals surface area contributed by atoms with Crippen LogP contribution in [0, 0.1) is 41.4 Å². The third-order valence-electron chi connectivity index (χ3n) is 6.03. The maximum atomic E-state index is 12.1. The van der Waals surface area contributed by atoms with Gasteiger partial charge in [-0.25, -0.2) is 0 Å². The van der Waals surface area contributed by atoms with E-state index in [0.29, 0.717) is 21.9 Å². The predicted octanol–water partition coefficient (Wildman–Crippen LogP) is 1.85. The van der Waals surface area contributed by atoms with Gasteiger partial charge in [0.25, 0.3) is 0 Å². The van der Waals surface area contributed by atoms with E-state index < -0.39 is 0 Å². The molecule has 0 spiro atoms. The van der Waals surface area contributed by atoms with Crippen LogP contribution < -0.4 is 0 Å². The minimum absolute atomic E-state index is 0.307. The fourth-order valence-electron chi connectivity index (χ4n) is 6.19. The van der Waals surface area contributed by atoms with Crippen LogP contribution in [0.5, 0.6) is 0 Å². The smallest absolute Gasteiger partial charge is 0.141 e. The molecule has 0 unspecified atom stereocenters. The number of rotatable bonds is 0. The zero-order valence-corrected chi connectivity index (χ0v) is 8.83. The summed E-state index contributed by atoms with van der Waals surface area (Å²) in [4.78, 5) is 12.1. The Morgan fingerprint density at radius 1 is 1.31 bits per heavy atom. The highest BCUT2D eigenvalue weighted by Crippen LogP contribution is 2.84. The third-order valence-corrected chi connectivity index (χ3v) is 7.38. The van der Waals surface area contributed by atoms with Gasteiger partial charge in [-0.1, -0.05) is 15.9 Å². The van der Waals surface area contributed by atoms with Crippen molar-refractivity contribution in [3.63, 3.8) is 0 Å². The van der Waals surface area contributed by atoms with E-state index in [4.69, 9.17) is 0 Å². The van der Waals surface area contributed by atoms with Gasteiger partial charge in [0.15, 0.2) is 0 Å². The fourth-order valence-corrected chi connectivity index (χ4v) is 7.72. The van der Waals surface area contributed by atoms with Gasteiger partial charge in [0.05, 0.1) is 0 Å². The van der Waals surface area contributed by atoms with E-state index in [1.807, 2.05) is 0 Å². The number of Topliss-reactive ketones (excluding diaryl/α,β-unsaturated/α-hetero) is 1. The number of carbonyl (C=O) groups is 1. The Morgan fingerprint density at radius 3 is 2.92 bits per heavy atom. The van der Waals surface area contributed by atoms with Gasteiger partial charge in [-0.05, 0) is 42.4 Å². The molecule has 0 N–H and O–H groups in total. The highest BCUT2D eigenvalue weighted by Gasteiger charge is 2.85. The van der Waals surface area contributed by atoms with Crippen LogP contribution in [0.4, 0.5) is 0 Å². The van der Waals surface area contributed by atoms with Gasteiger partial charge in [0, 0.05) is 16.2 Å². The summed E-state index contributed by atoms with van der Waals surface area (Å²) >= 11 is 3.94. The average Bonchev–Trinajstić information content (AvgIpc) is 2.70. The van der Waals surface area contributed by atoms with Crippen LogP contribution >= 0.6 is 15.9 Å². The van der Waals surface area contributed by atoms with Gasteiger partial charge in [0.2, 0.25) is 0 Å². The lowest BCUT2D eigenvalue weighted by molar-refractivity contribution is -0.122. The molecule has 2 heteroatoms. The Morgan fingerprint density at radius 2 is 2.15 bits per heavy atom. The molecule has 0 radical (unpaired) electrons. The van der Waals surface area contributed by atoms with Gasteiger partial charge in [0.1, 0.15) is 5.78 Å². The zero-order valence-electron chi connectivity index (χ0n) is 7.24. The second-order valence-electron chi connectivity index (χ2n) is 5.87. The van der Waals surface area contributed by atoms with Crippen molar-refractivity contribution in [2.75, 3.05) is 0 Å². The molecule has 6 aliphatic rings. The molecule has 6 bridgehead atoms. The standard InChI is InChI=1S/C11H11BrO/c12-11-2-5-3-1-4-6(5)9(11)10(13)7(4)8(3)11/h3-9H,1-2H2/t3-,4-,5+,6-,7-,8-,9+,11-/m0/s1. The molecule has 6 saturated carbocycles. The van der Waals surface area contributed by atoms with Crippen LogP contribution in [0.1, 0.15) is 12.8 Å². The SMILES string of the molecule is O=C1[C@H]2[C@H]3C[C@H]4[C@H]5C[C@](Br)([C@@H]42)[C@@H]1[C@H]53. The van der Waals surface area contributed by atoms with E-state index in [-0.39, 0.29) is 0 Å². The lowest BCUT2D eigenvalue weighted by atomic mass is 9.71. The second-order valence-corrected chi connectivity index (χ2v) is 7.34. The first kappa shape index (κ1) is 6.60. The zero-order chi connectivity index (χ0) is 8.53. The van der Waals surface area contributed by atoms with E-state index in [1.54, 1.807) is 0 Å². The number of hydrogen-bond donors (Lipinski definition) is 0. The minimum atomic E-state index is 0.307. The first-order chi connectivity index (χ1) is 6.23. The molecule has 0 saturated heterocycles. The molecule has 8 atom stereocenters. The van der Waals surface area contributed by atoms with E-state index in [0.717, 1.165) is 29.6 Å². The summed E-state index contributed by atoms with van der Waals surface area (Å²) in [6, 6.07) is 0. The summed E-state index contributed by atoms with van der Waals surface area (Å²) < 4.78 is 0.307. The molecule has 6 aliphatic carbocycles. The molecule has 13 heavy (non-hydrogen) atoms. The van der Waals surface area contributed by atoms with Crippen molar-refractivity contribution in [2.24, 2.45) is 41.4 Å². The fraction of sp³-hybridized carbons (Fsp3) is 0.909. The third kappa shape index (κ3) is 0.383. The van der Waals surface area contributed by atoms with Crippen LogP contribution in [-0.2, 0) is 4.79 Å². The molecule has 68 valence electrons. The van der Waals surface area contributed by atoms with E-state index in [2.05, 4.69) is 15.9 Å². The first-order valence-corrected chi connectivity index (χ1v) is 6.25. The molecule has 6 fully saturated rings. The van der Waals surface area contributed by atoms with Crippen molar-refractivity contribution >= 4 is 21.7 Å². The maximum Gasteiger partial charge on any atom is 0.141 e.